The van der Waals surface area contributed by atoms with Crippen molar-refractivity contribution in [3.63, 3.8) is 0 Å². The third kappa shape index (κ3) is 3.05. The van der Waals surface area contributed by atoms with Gasteiger partial charge in [0.2, 0.25) is 11.8 Å². The van der Waals surface area contributed by atoms with Crippen LogP contribution in [0.15, 0.2) is 30.3 Å². The number of rotatable bonds is 3. The molecular weight excluding hydrogens is 398 g/mol. The molecule has 2 saturated heterocycles. The number of methoxy groups -OCH3 is 1. The Bertz CT molecular complexity index is 1120. The van der Waals surface area contributed by atoms with E-state index in [-0.39, 0.29) is 30.1 Å². The summed E-state index contributed by atoms with van der Waals surface area (Å²) in [6.07, 6.45) is 1.97. The number of nitrogens with one attached hydrogen (secondary N) is 1. The predicted molar refractivity (Wildman–Crippen MR) is 114 cm³/mol. The van der Waals surface area contributed by atoms with E-state index in [1.54, 1.807) is 6.07 Å². The van der Waals surface area contributed by atoms with Gasteiger partial charge in [0, 0.05) is 41.5 Å². The summed E-state index contributed by atoms with van der Waals surface area (Å²) >= 11 is 0. The molecule has 0 aromatic heterocycles. The van der Waals surface area contributed by atoms with Crippen LogP contribution in [0.2, 0.25) is 0 Å². The molecule has 1 atom stereocenters. The van der Waals surface area contributed by atoms with Crippen molar-refractivity contribution in [3.05, 3.63) is 35.9 Å². The summed E-state index contributed by atoms with van der Waals surface area (Å²) in [5.41, 5.74) is 2.30. The molecule has 0 bridgehead atoms. The van der Waals surface area contributed by atoms with Gasteiger partial charge in [-0.05, 0) is 37.5 Å². The third-order valence-corrected chi connectivity index (χ3v) is 6.60. The van der Waals surface area contributed by atoms with Crippen molar-refractivity contribution in [1.82, 2.24) is 5.32 Å². The average Bonchev–Trinajstić information content (AvgIpc) is 3.07. The normalized spacial score (nSPS) is 21.6. The average molecular weight is 421 g/mol. The van der Waals surface area contributed by atoms with Crippen molar-refractivity contribution in [3.8, 4) is 0 Å². The van der Waals surface area contributed by atoms with E-state index in [0.717, 1.165) is 42.4 Å². The van der Waals surface area contributed by atoms with Crippen LogP contribution >= 0.6 is 0 Å². The molecule has 160 valence electrons. The molecule has 3 aliphatic rings. The molecule has 1 N–H and O–H groups in total. The first-order chi connectivity index (χ1) is 15.0. The number of esters is 1. The van der Waals surface area contributed by atoms with E-state index in [2.05, 4.69) is 10.2 Å². The second-order valence-electron chi connectivity index (χ2n) is 8.26. The molecule has 1 unspecified atom stereocenters. The largest absolute Gasteiger partial charge is 0.469 e. The first-order valence-corrected chi connectivity index (χ1v) is 10.6. The topological polar surface area (TPSA) is 96.0 Å². The van der Waals surface area contributed by atoms with Crippen LogP contribution in [0.3, 0.4) is 0 Å². The molecule has 3 aliphatic heterocycles. The Morgan fingerprint density at radius 2 is 1.77 bits per heavy atom. The molecular formula is C23H23N3O5. The number of carbonyl (C=O) groups is 4. The number of hydrogen-bond donors (Lipinski definition) is 1. The fourth-order valence-corrected chi connectivity index (χ4v) is 5.03. The summed E-state index contributed by atoms with van der Waals surface area (Å²) in [6, 6.07) is 8.82. The lowest BCUT2D eigenvalue weighted by molar-refractivity contribution is -0.146. The lowest BCUT2D eigenvalue weighted by atomic mass is 9.95. The standard InChI is InChI=1S/C23H23N3O5/c1-31-23(30)13-9-11-25(12-10-13)16-5-6-17-20-14(16)3-2-4-15(20)22(29)26(17)18-7-8-19(27)24-21(18)28/h2-6,13,18H,7-12H2,1H3,(H,24,27,28). The molecule has 5 rings (SSSR count). The van der Waals surface area contributed by atoms with Gasteiger partial charge < -0.3 is 9.64 Å². The van der Waals surface area contributed by atoms with E-state index in [9.17, 15) is 19.2 Å². The quantitative estimate of drug-likeness (QED) is 0.602. The summed E-state index contributed by atoms with van der Waals surface area (Å²) in [7, 11) is 1.42. The van der Waals surface area contributed by atoms with E-state index in [4.69, 9.17) is 4.74 Å². The molecule has 3 heterocycles. The number of imide groups is 1. The number of ether oxygens (including phenoxy) is 1. The van der Waals surface area contributed by atoms with Gasteiger partial charge in [0.15, 0.2) is 0 Å². The molecule has 2 fully saturated rings. The first-order valence-electron chi connectivity index (χ1n) is 10.6. The van der Waals surface area contributed by atoms with Crippen LogP contribution in [0.5, 0.6) is 0 Å². The number of benzene rings is 2. The van der Waals surface area contributed by atoms with Gasteiger partial charge in [-0.3, -0.25) is 29.4 Å². The van der Waals surface area contributed by atoms with Crippen LogP contribution in [0.4, 0.5) is 11.4 Å². The molecule has 31 heavy (non-hydrogen) atoms. The van der Waals surface area contributed by atoms with Crippen molar-refractivity contribution in [2.75, 3.05) is 30.0 Å². The van der Waals surface area contributed by atoms with Gasteiger partial charge in [0.05, 0.1) is 18.7 Å². The minimum Gasteiger partial charge on any atom is -0.469 e. The molecule has 0 radical (unpaired) electrons. The SMILES string of the molecule is COC(=O)C1CCN(c2ccc3c4c(cccc24)C(=O)N3C2CCC(=O)NC2=O)CC1. The molecule has 0 saturated carbocycles. The van der Waals surface area contributed by atoms with E-state index < -0.39 is 11.9 Å². The van der Waals surface area contributed by atoms with Crippen molar-refractivity contribution in [2.45, 2.75) is 31.7 Å². The molecule has 0 spiro atoms. The van der Waals surface area contributed by atoms with E-state index in [1.165, 1.54) is 12.0 Å². The highest BCUT2D eigenvalue weighted by molar-refractivity contribution is 6.28. The Morgan fingerprint density at radius 3 is 2.48 bits per heavy atom. The highest BCUT2D eigenvalue weighted by Crippen LogP contribution is 2.43. The zero-order chi connectivity index (χ0) is 21.7. The van der Waals surface area contributed by atoms with Gasteiger partial charge in [-0.1, -0.05) is 12.1 Å². The van der Waals surface area contributed by atoms with Crippen LogP contribution in [-0.4, -0.2) is 49.9 Å². The third-order valence-electron chi connectivity index (χ3n) is 6.60. The first kappa shape index (κ1) is 19.5. The van der Waals surface area contributed by atoms with Gasteiger partial charge in [0.25, 0.3) is 5.91 Å². The van der Waals surface area contributed by atoms with Gasteiger partial charge in [-0.15, -0.1) is 0 Å². The number of anilines is 2. The number of nitrogens with zero attached hydrogens (tertiary/aromatic N) is 2. The lowest BCUT2D eigenvalue weighted by Gasteiger charge is -2.34. The second-order valence-corrected chi connectivity index (χ2v) is 8.26. The van der Waals surface area contributed by atoms with Crippen LogP contribution in [0.1, 0.15) is 36.0 Å². The summed E-state index contributed by atoms with van der Waals surface area (Å²) in [5.74, 6) is -1.19. The fourth-order valence-electron chi connectivity index (χ4n) is 5.03. The van der Waals surface area contributed by atoms with E-state index in [0.29, 0.717) is 17.7 Å². The summed E-state index contributed by atoms with van der Waals surface area (Å²) in [5, 5.41) is 4.14. The maximum absolute atomic E-state index is 13.2. The van der Waals surface area contributed by atoms with E-state index >= 15 is 0 Å². The van der Waals surface area contributed by atoms with E-state index in [1.807, 2.05) is 24.3 Å². The van der Waals surface area contributed by atoms with Gasteiger partial charge >= 0.3 is 5.97 Å². The van der Waals surface area contributed by atoms with Crippen molar-refractivity contribution in [1.29, 1.82) is 0 Å². The van der Waals surface area contributed by atoms with Crippen LogP contribution < -0.4 is 15.1 Å². The maximum atomic E-state index is 13.2. The van der Waals surface area contributed by atoms with Crippen LogP contribution in [-0.2, 0) is 19.1 Å². The zero-order valence-corrected chi connectivity index (χ0v) is 17.2. The number of carbonyl (C=O) groups excluding carboxylic acids is 4. The lowest BCUT2D eigenvalue weighted by Crippen LogP contribution is -2.53. The molecule has 2 aromatic carbocycles. The number of hydrogen-bond acceptors (Lipinski definition) is 6. The molecule has 3 amide bonds. The highest BCUT2D eigenvalue weighted by Gasteiger charge is 2.41. The molecule has 2 aromatic rings. The number of piperidine rings is 2. The second kappa shape index (κ2) is 7.37. The Kier molecular flexibility index (Phi) is 4.64. The Morgan fingerprint density at radius 1 is 1.03 bits per heavy atom. The van der Waals surface area contributed by atoms with Gasteiger partial charge in [-0.2, -0.15) is 0 Å². The predicted octanol–water partition coefficient (Wildman–Crippen LogP) is 1.99. The van der Waals surface area contributed by atoms with Crippen molar-refractivity contribution < 1.29 is 23.9 Å². The van der Waals surface area contributed by atoms with Crippen molar-refractivity contribution in [2.24, 2.45) is 5.92 Å². The van der Waals surface area contributed by atoms with Gasteiger partial charge in [0.1, 0.15) is 6.04 Å². The summed E-state index contributed by atoms with van der Waals surface area (Å²) in [4.78, 5) is 52.9. The highest BCUT2D eigenvalue weighted by atomic mass is 16.5. The Labute approximate surface area is 179 Å². The molecule has 8 heteroatoms. The Balaban J connectivity index is 1.50. The minimum atomic E-state index is -0.692. The summed E-state index contributed by atoms with van der Waals surface area (Å²) in [6.45, 7) is 1.45. The molecule has 0 aliphatic carbocycles. The van der Waals surface area contributed by atoms with Crippen LogP contribution in [0.25, 0.3) is 10.8 Å². The maximum Gasteiger partial charge on any atom is 0.308 e. The van der Waals surface area contributed by atoms with Crippen molar-refractivity contribution >= 4 is 45.8 Å². The zero-order valence-electron chi connectivity index (χ0n) is 17.2. The minimum absolute atomic E-state index is 0.0809. The fraction of sp³-hybridized carbons (Fsp3) is 0.391. The Hall–Kier alpha value is -3.42. The number of amides is 3. The molecule has 8 nitrogen and oxygen atoms in total. The van der Waals surface area contributed by atoms with Crippen LogP contribution in [0, 0.1) is 5.92 Å². The van der Waals surface area contributed by atoms with Gasteiger partial charge in [-0.25, -0.2) is 0 Å². The monoisotopic (exact) mass is 421 g/mol. The smallest absolute Gasteiger partial charge is 0.308 e. The summed E-state index contributed by atoms with van der Waals surface area (Å²) < 4.78 is 4.88.